The highest BCUT2D eigenvalue weighted by atomic mass is 32.2. The average Bonchev–Trinajstić information content (AvgIpc) is 2.90. The van der Waals surface area contributed by atoms with Gasteiger partial charge in [-0.2, -0.15) is 0 Å². The van der Waals surface area contributed by atoms with Crippen LogP contribution in [-0.4, -0.2) is 64.3 Å². The first-order valence-corrected chi connectivity index (χ1v) is 9.95. The van der Waals surface area contributed by atoms with Crippen LogP contribution in [0.25, 0.3) is 5.69 Å². The summed E-state index contributed by atoms with van der Waals surface area (Å²) in [5.41, 5.74) is 1.16. The van der Waals surface area contributed by atoms with Crippen molar-refractivity contribution < 1.29 is 19.1 Å². The highest BCUT2D eigenvalue weighted by Crippen LogP contribution is 2.14. The van der Waals surface area contributed by atoms with Crippen LogP contribution in [0.4, 0.5) is 5.69 Å². The molecule has 156 valence electrons. The molecular weight excluding hydrogens is 396 g/mol. The van der Waals surface area contributed by atoms with Gasteiger partial charge in [0.05, 0.1) is 22.9 Å². The number of aromatic nitrogens is 2. The van der Waals surface area contributed by atoms with Crippen molar-refractivity contribution in [1.82, 2.24) is 14.3 Å². The van der Waals surface area contributed by atoms with E-state index >= 15 is 0 Å². The van der Waals surface area contributed by atoms with E-state index in [1.165, 1.54) is 9.58 Å². The summed E-state index contributed by atoms with van der Waals surface area (Å²) in [5, 5.41) is 2.62. The van der Waals surface area contributed by atoms with Gasteiger partial charge in [0, 0.05) is 21.1 Å². The monoisotopic (exact) mass is 420 g/mol. The van der Waals surface area contributed by atoms with Crippen LogP contribution in [0.15, 0.2) is 35.1 Å². The number of anilines is 1. The maximum Gasteiger partial charge on any atom is 0.316 e. The molecule has 0 bridgehead atoms. The van der Waals surface area contributed by atoms with E-state index in [4.69, 9.17) is 4.74 Å². The molecule has 0 spiro atoms. The molecule has 9 nitrogen and oxygen atoms in total. The number of hydrogen-bond donors (Lipinski definition) is 1. The summed E-state index contributed by atoms with van der Waals surface area (Å²) in [5.74, 6) is -1.42. The molecule has 0 saturated carbocycles. The Labute approximate surface area is 172 Å². The summed E-state index contributed by atoms with van der Waals surface area (Å²) < 4.78 is 7.97. The van der Waals surface area contributed by atoms with Gasteiger partial charge in [-0.05, 0) is 19.1 Å². The van der Waals surface area contributed by atoms with Crippen molar-refractivity contribution in [2.45, 2.75) is 6.92 Å². The van der Waals surface area contributed by atoms with Gasteiger partial charge in [0.1, 0.15) is 5.69 Å². The molecule has 0 unspecified atom stereocenters. The summed E-state index contributed by atoms with van der Waals surface area (Å²) in [6.07, 6.45) is 0. The van der Waals surface area contributed by atoms with Crippen LogP contribution in [0.2, 0.25) is 0 Å². The summed E-state index contributed by atoms with van der Waals surface area (Å²) in [6, 6.07) is 9.10. The van der Waals surface area contributed by atoms with Crippen LogP contribution in [0.5, 0.6) is 0 Å². The Kier molecular flexibility index (Phi) is 7.66. The third kappa shape index (κ3) is 5.74. The molecule has 0 aliphatic rings. The topological polar surface area (TPSA) is 103 Å². The zero-order valence-corrected chi connectivity index (χ0v) is 17.6. The number of carbonyl (C=O) groups excluding carboxylic acids is 3. The van der Waals surface area contributed by atoms with Gasteiger partial charge in [0.15, 0.2) is 6.61 Å². The first-order chi connectivity index (χ1) is 13.7. The number of hydrogen-bond acceptors (Lipinski definition) is 6. The lowest BCUT2D eigenvalue weighted by Crippen LogP contribution is -2.28. The Balaban J connectivity index is 1.92. The highest BCUT2D eigenvalue weighted by Gasteiger charge is 2.18. The highest BCUT2D eigenvalue weighted by molar-refractivity contribution is 8.00. The quantitative estimate of drug-likeness (QED) is 0.634. The molecule has 29 heavy (non-hydrogen) atoms. The zero-order valence-electron chi connectivity index (χ0n) is 16.8. The predicted octanol–water partition coefficient (Wildman–Crippen LogP) is 0.788. The van der Waals surface area contributed by atoms with E-state index in [0.717, 1.165) is 11.8 Å². The zero-order chi connectivity index (χ0) is 21.6. The number of esters is 1. The Hall–Kier alpha value is -3.01. The second kappa shape index (κ2) is 9.97. The smallest absolute Gasteiger partial charge is 0.316 e. The van der Waals surface area contributed by atoms with Gasteiger partial charge in [-0.3, -0.25) is 23.9 Å². The Morgan fingerprint density at radius 1 is 1.14 bits per heavy atom. The van der Waals surface area contributed by atoms with E-state index in [0.29, 0.717) is 11.4 Å². The molecule has 1 aromatic heterocycles. The lowest BCUT2D eigenvalue weighted by atomic mass is 10.3. The fraction of sp³-hybridized carbons (Fsp3) is 0.368. The first kappa shape index (κ1) is 22.3. The maximum atomic E-state index is 12.7. The maximum absolute atomic E-state index is 12.7. The summed E-state index contributed by atoms with van der Waals surface area (Å²) in [6.45, 7) is 1.41. The molecule has 2 aromatic rings. The van der Waals surface area contributed by atoms with Crippen molar-refractivity contribution in [3.05, 3.63) is 46.4 Å². The van der Waals surface area contributed by atoms with Crippen molar-refractivity contribution in [2.24, 2.45) is 7.05 Å². The number of ether oxygens (including phenoxy) is 1. The van der Waals surface area contributed by atoms with Crippen LogP contribution in [0, 0.1) is 6.92 Å². The van der Waals surface area contributed by atoms with Gasteiger partial charge >= 0.3 is 5.97 Å². The number of likely N-dealkylation sites (N-methyl/N-ethyl adjacent to an activating group) is 1. The van der Waals surface area contributed by atoms with Gasteiger partial charge in [0.25, 0.3) is 11.5 Å². The van der Waals surface area contributed by atoms with E-state index < -0.39 is 11.9 Å². The number of benzene rings is 1. The minimum Gasteiger partial charge on any atom is -0.455 e. The van der Waals surface area contributed by atoms with Gasteiger partial charge in [-0.25, -0.2) is 4.68 Å². The number of para-hydroxylation sites is 1. The minimum atomic E-state index is -0.583. The Bertz CT molecular complexity index is 949. The number of carbonyl (C=O) groups is 3. The molecule has 2 rings (SSSR count). The molecule has 2 amide bonds. The van der Waals surface area contributed by atoms with Gasteiger partial charge < -0.3 is 15.0 Å². The summed E-state index contributed by atoms with van der Waals surface area (Å²) >= 11 is 1.04. The van der Waals surface area contributed by atoms with E-state index in [1.807, 2.05) is 18.2 Å². The molecule has 0 atom stereocenters. The third-order valence-corrected chi connectivity index (χ3v) is 5.03. The van der Waals surface area contributed by atoms with Crippen LogP contribution < -0.4 is 10.9 Å². The fourth-order valence-electron chi connectivity index (χ4n) is 2.43. The van der Waals surface area contributed by atoms with E-state index in [-0.39, 0.29) is 35.3 Å². The molecule has 0 saturated heterocycles. The molecular formula is C19H24N4O5S. The standard InChI is InChI=1S/C19H24N4O5S/c1-13-18(19(27)23(22(13)4)14-8-6-5-7-9-14)20-15(24)11-29-12-17(26)28-10-16(25)21(2)3/h5-9H,10-12H2,1-4H3,(H,20,24). The van der Waals surface area contributed by atoms with Gasteiger partial charge in [0.2, 0.25) is 5.91 Å². The molecule has 0 aliphatic heterocycles. The molecule has 0 fully saturated rings. The van der Waals surface area contributed by atoms with Crippen molar-refractivity contribution in [2.75, 3.05) is 37.5 Å². The van der Waals surface area contributed by atoms with Gasteiger partial charge in [-0.1, -0.05) is 18.2 Å². The molecule has 1 aromatic carbocycles. The fourth-order valence-corrected chi connectivity index (χ4v) is 3.04. The van der Waals surface area contributed by atoms with Crippen molar-refractivity contribution in [1.29, 1.82) is 0 Å². The summed E-state index contributed by atoms with van der Waals surface area (Å²) in [7, 11) is 4.86. The SMILES string of the molecule is Cc1c(NC(=O)CSCC(=O)OCC(=O)N(C)C)c(=O)n(-c2ccccc2)n1C. The lowest BCUT2D eigenvalue weighted by molar-refractivity contribution is -0.148. The predicted molar refractivity (Wildman–Crippen MR) is 111 cm³/mol. The first-order valence-electron chi connectivity index (χ1n) is 8.79. The molecule has 10 heteroatoms. The van der Waals surface area contributed by atoms with Crippen LogP contribution in [0.3, 0.4) is 0 Å². The van der Waals surface area contributed by atoms with Crippen molar-refractivity contribution >= 4 is 35.2 Å². The molecule has 0 radical (unpaired) electrons. The number of nitrogens with one attached hydrogen (secondary N) is 1. The largest absolute Gasteiger partial charge is 0.455 e. The van der Waals surface area contributed by atoms with E-state index in [2.05, 4.69) is 5.32 Å². The number of thioether (sulfide) groups is 1. The van der Waals surface area contributed by atoms with Crippen LogP contribution in [0.1, 0.15) is 5.69 Å². The number of amides is 2. The minimum absolute atomic E-state index is 0.0319. The van der Waals surface area contributed by atoms with E-state index in [1.54, 1.807) is 44.9 Å². The third-order valence-electron chi connectivity index (χ3n) is 4.13. The van der Waals surface area contributed by atoms with E-state index in [9.17, 15) is 19.2 Å². The molecule has 0 aliphatic carbocycles. The Morgan fingerprint density at radius 3 is 2.41 bits per heavy atom. The molecule has 1 heterocycles. The molecule has 1 N–H and O–H groups in total. The van der Waals surface area contributed by atoms with Crippen molar-refractivity contribution in [3.8, 4) is 5.69 Å². The normalized spacial score (nSPS) is 10.5. The van der Waals surface area contributed by atoms with Gasteiger partial charge in [-0.15, -0.1) is 11.8 Å². The van der Waals surface area contributed by atoms with Crippen molar-refractivity contribution in [3.63, 3.8) is 0 Å². The average molecular weight is 420 g/mol. The van der Waals surface area contributed by atoms with Crippen LogP contribution in [-0.2, 0) is 26.2 Å². The lowest BCUT2D eigenvalue weighted by Gasteiger charge is -2.10. The Morgan fingerprint density at radius 2 is 1.79 bits per heavy atom. The number of nitrogens with zero attached hydrogens (tertiary/aromatic N) is 3. The summed E-state index contributed by atoms with van der Waals surface area (Å²) in [4.78, 5) is 49.3. The second-order valence-corrected chi connectivity index (χ2v) is 7.41. The number of rotatable bonds is 8. The van der Waals surface area contributed by atoms with Crippen LogP contribution >= 0.6 is 11.8 Å². The second-order valence-electron chi connectivity index (χ2n) is 6.43.